The van der Waals surface area contributed by atoms with Gasteiger partial charge < -0.3 is 5.32 Å². The van der Waals surface area contributed by atoms with Crippen LogP contribution in [0.2, 0.25) is 0 Å². The molecule has 2 aromatic rings. The minimum atomic E-state index is 0.776. The predicted octanol–water partition coefficient (Wildman–Crippen LogP) is 4.20. The van der Waals surface area contributed by atoms with Gasteiger partial charge in [-0.2, -0.15) is 0 Å². The fourth-order valence-corrected chi connectivity index (χ4v) is 2.76. The van der Waals surface area contributed by atoms with E-state index in [0.29, 0.717) is 0 Å². The molecule has 0 saturated carbocycles. The van der Waals surface area contributed by atoms with Crippen LogP contribution in [0.1, 0.15) is 5.69 Å². The first-order chi connectivity index (χ1) is 7.77. The molecular weight excluding hydrogens is 332 g/mol. The van der Waals surface area contributed by atoms with Crippen LogP contribution in [0, 0.1) is 0 Å². The summed E-state index contributed by atoms with van der Waals surface area (Å²) in [5.74, 6) is 0. The monoisotopic (exact) mass is 338 g/mol. The third-order valence-electron chi connectivity index (χ3n) is 2.71. The van der Waals surface area contributed by atoms with E-state index in [9.17, 15) is 0 Å². The Labute approximate surface area is 110 Å². The highest BCUT2D eigenvalue weighted by Gasteiger charge is 2.19. The largest absolute Gasteiger partial charge is 0.378 e. The topological polar surface area (TPSA) is 24.9 Å². The van der Waals surface area contributed by atoms with Crippen molar-refractivity contribution in [1.29, 1.82) is 0 Å². The second kappa shape index (κ2) is 3.86. The van der Waals surface area contributed by atoms with Gasteiger partial charge in [0.15, 0.2) is 0 Å². The first-order valence-electron chi connectivity index (χ1n) is 4.93. The molecule has 1 aliphatic rings. The maximum atomic E-state index is 4.38. The summed E-state index contributed by atoms with van der Waals surface area (Å²) in [5, 5.41) is 3.39. The van der Waals surface area contributed by atoms with E-state index in [-0.39, 0.29) is 0 Å². The average Bonchev–Trinajstić information content (AvgIpc) is 2.33. The molecule has 0 aliphatic carbocycles. The summed E-state index contributed by atoms with van der Waals surface area (Å²) < 4.78 is 2.13. The van der Waals surface area contributed by atoms with E-state index in [1.807, 2.05) is 18.3 Å². The Bertz CT molecular complexity index is 567. The molecule has 0 amide bonds. The number of benzene rings is 1. The molecule has 3 rings (SSSR count). The summed E-state index contributed by atoms with van der Waals surface area (Å²) in [6.45, 7) is 0.776. The molecule has 0 spiro atoms. The van der Waals surface area contributed by atoms with Crippen LogP contribution in [0.25, 0.3) is 11.1 Å². The predicted molar refractivity (Wildman–Crippen MR) is 72.4 cm³/mol. The molecule has 1 aromatic heterocycles. The summed E-state index contributed by atoms with van der Waals surface area (Å²) >= 11 is 7.10. The third kappa shape index (κ3) is 1.48. The average molecular weight is 340 g/mol. The minimum absolute atomic E-state index is 0.776. The molecule has 0 atom stereocenters. The quantitative estimate of drug-likeness (QED) is 0.778. The Kier molecular flexibility index (Phi) is 2.48. The molecule has 2 heterocycles. The number of aromatic nitrogens is 1. The molecule has 0 unspecified atom stereocenters. The number of rotatable bonds is 0. The van der Waals surface area contributed by atoms with Crippen molar-refractivity contribution in [3.8, 4) is 11.1 Å². The van der Waals surface area contributed by atoms with Gasteiger partial charge in [0, 0.05) is 21.8 Å². The van der Waals surface area contributed by atoms with E-state index in [1.165, 1.54) is 11.1 Å². The van der Waals surface area contributed by atoms with Crippen LogP contribution >= 0.6 is 31.9 Å². The van der Waals surface area contributed by atoms with Gasteiger partial charge in [0.05, 0.1) is 22.4 Å². The second-order valence-corrected chi connectivity index (χ2v) is 5.28. The Hall–Kier alpha value is -0.870. The SMILES string of the molecule is Brc1ccc2c(c1Br)NCc1ncccc1-2. The zero-order chi connectivity index (χ0) is 11.1. The number of hydrogen-bond donors (Lipinski definition) is 1. The third-order valence-corrected chi connectivity index (χ3v) is 4.72. The standard InChI is InChI=1S/C12H8Br2N2/c13-9-4-3-8-7-2-1-5-15-10(7)6-16-12(8)11(9)14/h1-5,16H,6H2. The molecule has 1 aromatic carbocycles. The second-order valence-electron chi connectivity index (χ2n) is 3.64. The Morgan fingerprint density at radius 1 is 1.12 bits per heavy atom. The van der Waals surface area contributed by atoms with Crippen LogP contribution in [-0.2, 0) is 6.54 Å². The van der Waals surface area contributed by atoms with Gasteiger partial charge in [-0.1, -0.05) is 12.1 Å². The van der Waals surface area contributed by atoms with E-state index < -0.39 is 0 Å². The van der Waals surface area contributed by atoms with Gasteiger partial charge in [-0.25, -0.2) is 0 Å². The lowest BCUT2D eigenvalue weighted by molar-refractivity contribution is 1.03. The number of fused-ring (bicyclic) bond motifs is 3. The van der Waals surface area contributed by atoms with E-state index >= 15 is 0 Å². The Morgan fingerprint density at radius 3 is 2.88 bits per heavy atom. The van der Waals surface area contributed by atoms with Gasteiger partial charge in [0.1, 0.15) is 0 Å². The first-order valence-corrected chi connectivity index (χ1v) is 6.52. The molecule has 1 aliphatic heterocycles. The molecule has 16 heavy (non-hydrogen) atoms. The maximum Gasteiger partial charge on any atom is 0.0673 e. The van der Waals surface area contributed by atoms with E-state index in [4.69, 9.17) is 0 Å². The van der Waals surface area contributed by atoms with Crippen molar-refractivity contribution in [3.63, 3.8) is 0 Å². The number of halogens is 2. The van der Waals surface area contributed by atoms with Crippen LogP contribution in [0.5, 0.6) is 0 Å². The molecule has 0 saturated heterocycles. The van der Waals surface area contributed by atoms with Crippen LogP contribution < -0.4 is 5.32 Å². The van der Waals surface area contributed by atoms with Gasteiger partial charge in [-0.3, -0.25) is 4.98 Å². The number of nitrogens with zero attached hydrogens (tertiary/aromatic N) is 1. The summed E-state index contributed by atoms with van der Waals surface area (Å²) in [7, 11) is 0. The minimum Gasteiger partial charge on any atom is -0.378 e. The van der Waals surface area contributed by atoms with Crippen molar-refractivity contribution in [2.24, 2.45) is 0 Å². The van der Waals surface area contributed by atoms with Crippen LogP contribution in [0.15, 0.2) is 39.4 Å². The molecule has 80 valence electrons. The fourth-order valence-electron chi connectivity index (χ4n) is 1.94. The lowest BCUT2D eigenvalue weighted by atomic mass is 9.99. The van der Waals surface area contributed by atoms with Gasteiger partial charge >= 0.3 is 0 Å². The highest BCUT2D eigenvalue weighted by atomic mass is 79.9. The van der Waals surface area contributed by atoms with Gasteiger partial charge in [-0.05, 0) is 44.0 Å². The Morgan fingerprint density at radius 2 is 2.00 bits per heavy atom. The lowest BCUT2D eigenvalue weighted by Crippen LogP contribution is -2.10. The van der Waals surface area contributed by atoms with Crippen molar-refractivity contribution in [2.45, 2.75) is 6.54 Å². The summed E-state index contributed by atoms with van der Waals surface area (Å²) in [4.78, 5) is 4.38. The number of anilines is 1. The van der Waals surface area contributed by atoms with Crippen molar-refractivity contribution >= 4 is 37.5 Å². The van der Waals surface area contributed by atoms with Gasteiger partial charge in [0.25, 0.3) is 0 Å². The molecule has 0 fully saturated rings. The maximum absolute atomic E-state index is 4.38. The summed E-state index contributed by atoms with van der Waals surface area (Å²) in [5.41, 5.74) is 4.65. The lowest BCUT2D eigenvalue weighted by Gasteiger charge is -2.22. The van der Waals surface area contributed by atoms with Crippen molar-refractivity contribution in [2.75, 3.05) is 5.32 Å². The van der Waals surface area contributed by atoms with Gasteiger partial charge in [-0.15, -0.1) is 0 Å². The number of pyridine rings is 1. The summed E-state index contributed by atoms with van der Waals surface area (Å²) in [6.07, 6.45) is 1.83. The Balaban J connectivity index is 2.30. The highest BCUT2D eigenvalue weighted by molar-refractivity contribution is 9.13. The normalized spacial score (nSPS) is 12.6. The first kappa shape index (κ1) is 10.3. The zero-order valence-electron chi connectivity index (χ0n) is 8.30. The number of hydrogen-bond acceptors (Lipinski definition) is 2. The summed E-state index contributed by atoms with van der Waals surface area (Å²) in [6, 6.07) is 8.25. The van der Waals surface area contributed by atoms with Crippen molar-refractivity contribution in [3.05, 3.63) is 45.1 Å². The number of nitrogens with one attached hydrogen (secondary N) is 1. The van der Waals surface area contributed by atoms with Gasteiger partial charge in [0.2, 0.25) is 0 Å². The molecule has 0 radical (unpaired) electrons. The van der Waals surface area contributed by atoms with E-state index in [0.717, 1.165) is 26.9 Å². The zero-order valence-corrected chi connectivity index (χ0v) is 11.5. The van der Waals surface area contributed by atoms with Crippen LogP contribution in [0.3, 0.4) is 0 Å². The smallest absolute Gasteiger partial charge is 0.0673 e. The molecule has 0 bridgehead atoms. The van der Waals surface area contributed by atoms with E-state index in [2.05, 4.69) is 54.3 Å². The van der Waals surface area contributed by atoms with Crippen molar-refractivity contribution < 1.29 is 0 Å². The van der Waals surface area contributed by atoms with Crippen molar-refractivity contribution in [1.82, 2.24) is 4.98 Å². The molecule has 2 nitrogen and oxygen atoms in total. The molecule has 1 N–H and O–H groups in total. The van der Waals surface area contributed by atoms with E-state index in [1.54, 1.807) is 0 Å². The highest BCUT2D eigenvalue weighted by Crippen LogP contribution is 2.42. The fraction of sp³-hybridized carbons (Fsp3) is 0.0833. The molecular formula is C12H8Br2N2. The van der Waals surface area contributed by atoms with Crippen LogP contribution in [-0.4, -0.2) is 4.98 Å². The molecule has 4 heteroatoms. The van der Waals surface area contributed by atoms with Crippen LogP contribution in [0.4, 0.5) is 5.69 Å².